The van der Waals surface area contributed by atoms with Gasteiger partial charge < -0.3 is 14.2 Å². The van der Waals surface area contributed by atoms with Crippen LogP contribution in [0.1, 0.15) is 215 Å². The molecule has 284 valence electrons. The Morgan fingerprint density at radius 1 is 0.417 bits per heavy atom. The summed E-state index contributed by atoms with van der Waals surface area (Å²) in [6.45, 7) is 13.5. The van der Waals surface area contributed by atoms with Crippen molar-refractivity contribution in [2.75, 3.05) is 13.2 Å². The fourth-order valence-electron chi connectivity index (χ4n) is 5.93. The van der Waals surface area contributed by atoms with Crippen molar-refractivity contribution in [3.63, 3.8) is 0 Å². The zero-order valence-electron chi connectivity index (χ0n) is 32.8. The molecular weight excluding hydrogens is 600 g/mol. The van der Waals surface area contributed by atoms with Crippen molar-refractivity contribution in [2.45, 2.75) is 221 Å². The first kappa shape index (κ1) is 46.4. The zero-order valence-corrected chi connectivity index (χ0v) is 32.8. The molecule has 0 saturated carbocycles. The van der Waals surface area contributed by atoms with E-state index in [9.17, 15) is 14.4 Å². The Morgan fingerprint density at radius 2 is 0.729 bits per heavy atom. The molecule has 0 aromatic carbocycles. The maximum atomic E-state index is 12.6. The molecule has 0 aromatic heterocycles. The maximum absolute atomic E-state index is 12.6. The summed E-state index contributed by atoms with van der Waals surface area (Å²) >= 11 is 0. The zero-order chi connectivity index (χ0) is 35.7. The Morgan fingerprint density at radius 3 is 1.08 bits per heavy atom. The number of rotatable bonds is 35. The third-order valence-corrected chi connectivity index (χ3v) is 9.87. The molecule has 0 amide bonds. The van der Waals surface area contributed by atoms with E-state index >= 15 is 0 Å². The van der Waals surface area contributed by atoms with Crippen LogP contribution in [0.25, 0.3) is 0 Å². The highest BCUT2D eigenvalue weighted by molar-refractivity contribution is 5.71. The number of unbranched alkanes of at least 4 members (excludes halogenated alkanes) is 16. The molecule has 6 nitrogen and oxygen atoms in total. The van der Waals surface area contributed by atoms with Crippen LogP contribution in [0.15, 0.2) is 0 Å². The first-order valence-electron chi connectivity index (χ1n) is 20.7. The van der Waals surface area contributed by atoms with Gasteiger partial charge in [-0.1, -0.05) is 176 Å². The van der Waals surface area contributed by atoms with Crippen molar-refractivity contribution in [1.82, 2.24) is 0 Å². The van der Waals surface area contributed by atoms with Gasteiger partial charge in [0.1, 0.15) is 13.2 Å². The van der Waals surface area contributed by atoms with Gasteiger partial charge >= 0.3 is 17.9 Å². The standard InChI is InChI=1S/C42H80O6/c1-7-37(5)29-23-17-12-14-20-26-32-41(44)47-35-39(48-42(45)33-27-21-15-13-18-24-30-38(6)8-2)34-46-40(43)31-25-19-11-9-10-16-22-28-36(3)4/h36-39H,7-35H2,1-6H3/t37?,38?,39-/m1/s1. The third-order valence-electron chi connectivity index (χ3n) is 9.87. The van der Waals surface area contributed by atoms with Gasteiger partial charge in [-0.3, -0.25) is 14.4 Å². The molecular formula is C42H80O6. The van der Waals surface area contributed by atoms with Crippen LogP contribution in [0.2, 0.25) is 0 Å². The second-order valence-corrected chi connectivity index (χ2v) is 15.2. The normalized spacial score (nSPS) is 13.3. The lowest BCUT2D eigenvalue weighted by molar-refractivity contribution is -0.167. The summed E-state index contributed by atoms with van der Waals surface area (Å²) in [7, 11) is 0. The van der Waals surface area contributed by atoms with Crippen LogP contribution in [0.4, 0.5) is 0 Å². The summed E-state index contributed by atoms with van der Waals surface area (Å²) in [5.74, 6) is 1.53. The van der Waals surface area contributed by atoms with Gasteiger partial charge in [0.25, 0.3) is 0 Å². The van der Waals surface area contributed by atoms with Gasteiger partial charge in [0.2, 0.25) is 0 Å². The Balaban J connectivity index is 4.40. The molecule has 48 heavy (non-hydrogen) atoms. The Labute approximate surface area is 298 Å². The molecule has 0 aromatic rings. The number of ether oxygens (including phenoxy) is 3. The minimum atomic E-state index is -0.762. The number of carbonyl (C=O) groups excluding carboxylic acids is 3. The van der Waals surface area contributed by atoms with Gasteiger partial charge in [0, 0.05) is 19.3 Å². The van der Waals surface area contributed by atoms with Gasteiger partial charge in [0.05, 0.1) is 0 Å². The molecule has 0 radical (unpaired) electrons. The van der Waals surface area contributed by atoms with Crippen LogP contribution in [0.5, 0.6) is 0 Å². The van der Waals surface area contributed by atoms with E-state index in [4.69, 9.17) is 14.2 Å². The van der Waals surface area contributed by atoms with E-state index in [2.05, 4.69) is 41.5 Å². The molecule has 6 heteroatoms. The summed E-state index contributed by atoms with van der Waals surface area (Å²) in [5.41, 5.74) is 0. The average molecular weight is 681 g/mol. The molecule has 2 unspecified atom stereocenters. The maximum Gasteiger partial charge on any atom is 0.306 e. The number of esters is 3. The first-order chi connectivity index (χ1) is 23.2. The average Bonchev–Trinajstić information content (AvgIpc) is 3.06. The third kappa shape index (κ3) is 32.9. The van der Waals surface area contributed by atoms with Crippen LogP contribution in [0, 0.1) is 17.8 Å². The molecule has 0 bridgehead atoms. The van der Waals surface area contributed by atoms with Crippen LogP contribution in [-0.2, 0) is 28.6 Å². The summed E-state index contributed by atoms with van der Waals surface area (Å²) < 4.78 is 16.6. The van der Waals surface area contributed by atoms with Crippen molar-refractivity contribution in [2.24, 2.45) is 17.8 Å². The van der Waals surface area contributed by atoms with Crippen LogP contribution in [-0.4, -0.2) is 37.2 Å². The summed E-state index contributed by atoms with van der Waals surface area (Å²) in [6, 6.07) is 0. The molecule has 0 rings (SSSR count). The predicted molar refractivity (Wildman–Crippen MR) is 201 cm³/mol. The molecule has 0 aliphatic carbocycles. The van der Waals surface area contributed by atoms with Crippen LogP contribution in [0.3, 0.4) is 0 Å². The summed E-state index contributed by atoms with van der Waals surface area (Å²) in [4.78, 5) is 37.5. The lowest BCUT2D eigenvalue weighted by Gasteiger charge is -2.18. The van der Waals surface area contributed by atoms with E-state index in [1.54, 1.807) is 0 Å². The fraction of sp³-hybridized carbons (Fsp3) is 0.929. The van der Waals surface area contributed by atoms with Crippen molar-refractivity contribution < 1.29 is 28.6 Å². The van der Waals surface area contributed by atoms with Gasteiger partial charge in [-0.05, 0) is 37.0 Å². The first-order valence-corrected chi connectivity index (χ1v) is 20.7. The predicted octanol–water partition coefficient (Wildman–Crippen LogP) is 12.5. The molecule has 0 saturated heterocycles. The Kier molecular flexibility index (Phi) is 32.8. The second kappa shape index (κ2) is 33.9. The largest absolute Gasteiger partial charge is 0.462 e. The van der Waals surface area contributed by atoms with Gasteiger partial charge in [-0.2, -0.15) is 0 Å². The SMILES string of the molecule is CCC(C)CCCCCCCCC(=O)OC[C@@H](COC(=O)CCCCCCCCCC(C)C)OC(=O)CCCCCCCCC(C)CC. The quantitative estimate of drug-likeness (QED) is 0.0376. The molecule has 0 spiro atoms. The Hall–Kier alpha value is -1.59. The summed E-state index contributed by atoms with van der Waals surface area (Å²) in [6.07, 6.45) is 28.1. The van der Waals surface area contributed by atoms with E-state index < -0.39 is 6.10 Å². The minimum Gasteiger partial charge on any atom is -0.462 e. The number of hydrogen-bond donors (Lipinski definition) is 0. The molecule has 0 heterocycles. The Bertz CT molecular complexity index is 750. The highest BCUT2D eigenvalue weighted by Crippen LogP contribution is 2.17. The molecule has 0 fully saturated rings. The van der Waals surface area contributed by atoms with Crippen LogP contribution >= 0.6 is 0 Å². The second-order valence-electron chi connectivity index (χ2n) is 15.2. The highest BCUT2D eigenvalue weighted by Gasteiger charge is 2.19. The van der Waals surface area contributed by atoms with Gasteiger partial charge in [0.15, 0.2) is 6.10 Å². The summed E-state index contributed by atoms with van der Waals surface area (Å²) in [5, 5.41) is 0. The van der Waals surface area contributed by atoms with Crippen molar-refractivity contribution >= 4 is 17.9 Å². The molecule has 0 aliphatic rings. The molecule has 0 aliphatic heterocycles. The lowest BCUT2D eigenvalue weighted by Crippen LogP contribution is -2.30. The lowest BCUT2D eigenvalue weighted by atomic mass is 10.00. The van der Waals surface area contributed by atoms with Gasteiger partial charge in [-0.15, -0.1) is 0 Å². The van der Waals surface area contributed by atoms with E-state index in [-0.39, 0.29) is 31.1 Å². The van der Waals surface area contributed by atoms with Crippen molar-refractivity contribution in [3.8, 4) is 0 Å². The molecule has 0 N–H and O–H groups in total. The van der Waals surface area contributed by atoms with Crippen molar-refractivity contribution in [1.29, 1.82) is 0 Å². The van der Waals surface area contributed by atoms with E-state index in [0.29, 0.717) is 19.3 Å². The molecule has 3 atom stereocenters. The number of carbonyl (C=O) groups is 3. The number of hydrogen-bond acceptors (Lipinski definition) is 6. The minimum absolute atomic E-state index is 0.0689. The van der Waals surface area contributed by atoms with Crippen LogP contribution < -0.4 is 0 Å². The highest BCUT2D eigenvalue weighted by atomic mass is 16.6. The smallest absolute Gasteiger partial charge is 0.306 e. The van der Waals surface area contributed by atoms with Crippen molar-refractivity contribution in [3.05, 3.63) is 0 Å². The van der Waals surface area contributed by atoms with E-state index in [1.165, 1.54) is 96.3 Å². The van der Waals surface area contributed by atoms with E-state index in [0.717, 1.165) is 75.5 Å². The fourth-order valence-corrected chi connectivity index (χ4v) is 5.93. The monoisotopic (exact) mass is 681 g/mol. The van der Waals surface area contributed by atoms with E-state index in [1.807, 2.05) is 0 Å². The van der Waals surface area contributed by atoms with Gasteiger partial charge in [-0.25, -0.2) is 0 Å². The topological polar surface area (TPSA) is 78.9 Å².